The number of nitrogens with one attached hydrogen (secondary N) is 1. The fourth-order valence-corrected chi connectivity index (χ4v) is 4.11. The van der Waals surface area contributed by atoms with Crippen LogP contribution in [0.2, 0.25) is 0 Å². The topological polar surface area (TPSA) is 58.6 Å². The van der Waals surface area contributed by atoms with E-state index in [0.29, 0.717) is 4.88 Å². The summed E-state index contributed by atoms with van der Waals surface area (Å²) >= 11 is 3.04. The molecule has 0 aliphatic rings. The van der Waals surface area contributed by atoms with Gasteiger partial charge in [0.05, 0.1) is 0 Å². The third-order valence-corrected chi connectivity index (χ3v) is 5.78. The van der Waals surface area contributed by atoms with Crippen LogP contribution in [0.15, 0.2) is 53.9 Å². The minimum Gasteiger partial charge on any atom is -0.406 e. The average Bonchev–Trinajstić information content (AvgIpc) is 3.29. The maximum atomic E-state index is 12.1. The first-order valence-corrected chi connectivity index (χ1v) is 9.47. The Labute approximate surface area is 160 Å². The standard InChI is InChI=1S/C18H14F3NO3S2/c19-18(20,21)25-12-5-3-11(4-6-12)17(24)22-10-13(23)14-7-8-16(27-14)15-2-1-9-26-15/h1-9,13,23H,10H2,(H,22,24). The molecule has 2 N–H and O–H groups in total. The summed E-state index contributed by atoms with van der Waals surface area (Å²) in [4.78, 5) is 14.9. The number of carbonyl (C=O) groups excluding carboxylic acids is 1. The number of amides is 1. The van der Waals surface area contributed by atoms with Crippen LogP contribution < -0.4 is 10.1 Å². The van der Waals surface area contributed by atoms with E-state index in [-0.39, 0.29) is 12.1 Å². The summed E-state index contributed by atoms with van der Waals surface area (Å²) < 4.78 is 40.2. The van der Waals surface area contributed by atoms with Crippen molar-refractivity contribution in [3.05, 3.63) is 64.4 Å². The van der Waals surface area contributed by atoms with E-state index < -0.39 is 24.1 Å². The van der Waals surface area contributed by atoms with Gasteiger partial charge in [-0.15, -0.1) is 35.8 Å². The Bertz CT molecular complexity index is 889. The molecule has 3 aromatic rings. The molecular formula is C18H14F3NO3S2. The predicted octanol–water partition coefficient (Wildman–Crippen LogP) is 4.84. The van der Waals surface area contributed by atoms with Crippen molar-refractivity contribution in [1.29, 1.82) is 0 Å². The van der Waals surface area contributed by atoms with Gasteiger partial charge >= 0.3 is 6.36 Å². The lowest BCUT2D eigenvalue weighted by Gasteiger charge is -2.11. The van der Waals surface area contributed by atoms with Crippen molar-refractivity contribution in [2.75, 3.05) is 6.54 Å². The molecule has 0 aliphatic heterocycles. The summed E-state index contributed by atoms with van der Waals surface area (Å²) in [6.45, 7) is -0.00989. The van der Waals surface area contributed by atoms with Gasteiger partial charge in [0, 0.05) is 26.7 Å². The van der Waals surface area contributed by atoms with Gasteiger partial charge in [-0.3, -0.25) is 4.79 Å². The zero-order chi connectivity index (χ0) is 19.4. The Morgan fingerprint density at radius 2 is 1.85 bits per heavy atom. The fourth-order valence-electron chi connectivity index (χ4n) is 2.28. The number of hydrogen-bond acceptors (Lipinski definition) is 5. The van der Waals surface area contributed by atoms with Crippen molar-refractivity contribution < 1.29 is 27.8 Å². The summed E-state index contributed by atoms with van der Waals surface area (Å²) in [7, 11) is 0. The molecule has 0 fully saturated rings. The highest BCUT2D eigenvalue weighted by molar-refractivity contribution is 7.21. The molecule has 0 bridgehead atoms. The zero-order valence-electron chi connectivity index (χ0n) is 13.7. The Kier molecular flexibility index (Phi) is 5.83. The first kappa shape index (κ1) is 19.4. The molecular weight excluding hydrogens is 399 g/mol. The minimum atomic E-state index is -4.78. The van der Waals surface area contributed by atoms with Gasteiger partial charge in [0.15, 0.2) is 0 Å². The molecule has 4 nitrogen and oxygen atoms in total. The number of alkyl halides is 3. The molecule has 1 unspecified atom stereocenters. The van der Waals surface area contributed by atoms with Gasteiger partial charge in [0.25, 0.3) is 5.91 Å². The van der Waals surface area contributed by atoms with Crippen LogP contribution in [0.25, 0.3) is 9.75 Å². The minimum absolute atomic E-state index is 0.00989. The van der Waals surface area contributed by atoms with E-state index in [1.54, 1.807) is 17.4 Å². The predicted molar refractivity (Wildman–Crippen MR) is 98.1 cm³/mol. The number of rotatable bonds is 6. The van der Waals surface area contributed by atoms with Crippen LogP contribution in [0.1, 0.15) is 21.3 Å². The number of ether oxygens (including phenoxy) is 1. The van der Waals surface area contributed by atoms with E-state index in [1.165, 1.54) is 23.5 Å². The lowest BCUT2D eigenvalue weighted by Crippen LogP contribution is -2.28. The molecule has 2 aromatic heterocycles. The summed E-state index contributed by atoms with van der Waals surface area (Å²) in [5, 5.41) is 14.8. The highest BCUT2D eigenvalue weighted by atomic mass is 32.1. The molecule has 142 valence electrons. The number of hydrogen-bond donors (Lipinski definition) is 2. The zero-order valence-corrected chi connectivity index (χ0v) is 15.3. The average molecular weight is 413 g/mol. The van der Waals surface area contributed by atoms with Crippen molar-refractivity contribution in [1.82, 2.24) is 5.32 Å². The molecule has 3 rings (SSSR count). The van der Waals surface area contributed by atoms with E-state index in [2.05, 4.69) is 10.1 Å². The lowest BCUT2D eigenvalue weighted by molar-refractivity contribution is -0.274. The summed E-state index contributed by atoms with van der Waals surface area (Å²) in [6, 6.07) is 12.2. The largest absolute Gasteiger partial charge is 0.573 e. The number of halogens is 3. The van der Waals surface area contributed by atoms with Gasteiger partial charge in [-0.1, -0.05) is 6.07 Å². The van der Waals surface area contributed by atoms with Crippen LogP contribution in [0.5, 0.6) is 5.75 Å². The van der Waals surface area contributed by atoms with E-state index in [9.17, 15) is 23.1 Å². The van der Waals surface area contributed by atoms with Crippen molar-refractivity contribution in [3.8, 4) is 15.5 Å². The highest BCUT2D eigenvalue weighted by Gasteiger charge is 2.31. The van der Waals surface area contributed by atoms with Gasteiger partial charge in [-0.25, -0.2) is 0 Å². The number of benzene rings is 1. The molecule has 0 radical (unpaired) electrons. The maximum absolute atomic E-state index is 12.1. The van der Waals surface area contributed by atoms with Crippen LogP contribution in [0.3, 0.4) is 0 Å². The Balaban J connectivity index is 1.55. The first-order chi connectivity index (χ1) is 12.8. The van der Waals surface area contributed by atoms with E-state index in [0.717, 1.165) is 21.9 Å². The fraction of sp³-hybridized carbons (Fsp3) is 0.167. The van der Waals surface area contributed by atoms with Crippen LogP contribution in [-0.4, -0.2) is 23.9 Å². The van der Waals surface area contributed by atoms with Crippen LogP contribution in [0, 0.1) is 0 Å². The van der Waals surface area contributed by atoms with Crippen LogP contribution in [-0.2, 0) is 0 Å². The summed E-state index contributed by atoms with van der Waals surface area (Å²) in [5.41, 5.74) is 0.169. The van der Waals surface area contributed by atoms with Crippen molar-refractivity contribution in [2.45, 2.75) is 12.5 Å². The Morgan fingerprint density at radius 1 is 1.11 bits per heavy atom. The second kappa shape index (κ2) is 8.12. The molecule has 1 amide bonds. The smallest absolute Gasteiger partial charge is 0.406 e. The first-order valence-electron chi connectivity index (χ1n) is 7.77. The third kappa shape index (κ3) is 5.31. The third-order valence-electron chi connectivity index (χ3n) is 3.53. The van der Waals surface area contributed by atoms with Crippen molar-refractivity contribution in [3.63, 3.8) is 0 Å². The number of carbonyl (C=O) groups is 1. The summed E-state index contributed by atoms with van der Waals surface area (Å²) in [5.74, 6) is -0.901. The normalized spacial score (nSPS) is 12.6. The molecule has 9 heteroatoms. The molecule has 27 heavy (non-hydrogen) atoms. The van der Waals surface area contributed by atoms with Gasteiger partial charge in [-0.05, 0) is 47.8 Å². The number of aliphatic hydroxyl groups is 1. The van der Waals surface area contributed by atoms with Crippen molar-refractivity contribution in [2.24, 2.45) is 0 Å². The summed E-state index contributed by atoms with van der Waals surface area (Å²) in [6.07, 6.45) is -5.66. The lowest BCUT2D eigenvalue weighted by atomic mass is 10.2. The molecule has 1 atom stereocenters. The van der Waals surface area contributed by atoms with E-state index >= 15 is 0 Å². The molecule has 0 saturated heterocycles. The van der Waals surface area contributed by atoms with Gasteiger partial charge in [-0.2, -0.15) is 0 Å². The Morgan fingerprint density at radius 3 is 2.48 bits per heavy atom. The second-order valence-corrected chi connectivity index (χ2v) is 7.54. The van der Waals surface area contributed by atoms with Gasteiger partial charge in [0.1, 0.15) is 11.9 Å². The maximum Gasteiger partial charge on any atom is 0.573 e. The second-order valence-electron chi connectivity index (χ2n) is 5.48. The Hall–Kier alpha value is -2.36. The molecule has 2 heterocycles. The molecule has 0 saturated carbocycles. The SMILES string of the molecule is O=C(NCC(O)c1ccc(-c2cccs2)s1)c1ccc(OC(F)(F)F)cc1. The molecule has 0 aliphatic carbocycles. The highest BCUT2D eigenvalue weighted by Crippen LogP contribution is 2.33. The monoisotopic (exact) mass is 413 g/mol. The molecule has 0 spiro atoms. The van der Waals surface area contributed by atoms with Gasteiger partial charge in [0.2, 0.25) is 0 Å². The van der Waals surface area contributed by atoms with Crippen LogP contribution in [0.4, 0.5) is 13.2 Å². The molecule has 1 aromatic carbocycles. The number of thiophene rings is 2. The quantitative estimate of drug-likeness (QED) is 0.608. The van der Waals surface area contributed by atoms with Crippen LogP contribution >= 0.6 is 22.7 Å². The van der Waals surface area contributed by atoms with E-state index in [4.69, 9.17) is 0 Å². The van der Waals surface area contributed by atoms with Crippen molar-refractivity contribution >= 4 is 28.6 Å². The van der Waals surface area contributed by atoms with Gasteiger partial charge < -0.3 is 15.2 Å². The number of aliphatic hydroxyl groups excluding tert-OH is 1. The van der Waals surface area contributed by atoms with E-state index in [1.807, 2.05) is 23.6 Å².